The molecule has 0 aliphatic heterocycles. The number of H-pyrrole nitrogens is 1. The van der Waals surface area contributed by atoms with Crippen molar-refractivity contribution < 1.29 is 4.52 Å². The lowest BCUT2D eigenvalue weighted by Crippen LogP contribution is -1.81. The highest BCUT2D eigenvalue weighted by Crippen LogP contribution is 2.27. The normalized spacial score (nSPS) is 10.9. The number of nitrogen functional groups attached to an aromatic ring is 1. The fourth-order valence-corrected chi connectivity index (χ4v) is 1.58. The summed E-state index contributed by atoms with van der Waals surface area (Å²) < 4.78 is 5.17. The molecule has 3 aromatic rings. The first-order valence-electron chi connectivity index (χ1n) is 4.49. The number of nitrogens with one attached hydrogen (secondary N) is 1. The summed E-state index contributed by atoms with van der Waals surface area (Å²) in [5.41, 5.74) is 8.02. The quantitative estimate of drug-likeness (QED) is 0.627. The monoisotopic (exact) mass is 200 g/mol. The standard InChI is InChI=1S/C10H8N4O/c11-9-4-8(13-14-9)7-3-1-2-6-5-12-15-10(6)7/h1-5H,(H3,11,13,14). The molecule has 3 N–H and O–H groups in total. The Morgan fingerprint density at radius 2 is 2.27 bits per heavy atom. The van der Waals surface area contributed by atoms with E-state index >= 15 is 0 Å². The number of aromatic amines is 1. The van der Waals surface area contributed by atoms with Crippen molar-refractivity contribution in [1.29, 1.82) is 0 Å². The van der Waals surface area contributed by atoms with Gasteiger partial charge in [0.2, 0.25) is 0 Å². The highest BCUT2D eigenvalue weighted by atomic mass is 16.5. The Balaban J connectivity index is 2.30. The van der Waals surface area contributed by atoms with Gasteiger partial charge in [-0.15, -0.1) is 0 Å². The van der Waals surface area contributed by atoms with Crippen LogP contribution in [0.1, 0.15) is 0 Å². The van der Waals surface area contributed by atoms with Gasteiger partial charge in [-0.05, 0) is 12.1 Å². The van der Waals surface area contributed by atoms with Crippen LogP contribution in [-0.2, 0) is 0 Å². The molecule has 0 amide bonds. The molecule has 0 saturated heterocycles. The van der Waals surface area contributed by atoms with E-state index in [1.807, 2.05) is 18.2 Å². The van der Waals surface area contributed by atoms with Gasteiger partial charge in [-0.3, -0.25) is 5.10 Å². The van der Waals surface area contributed by atoms with Crippen molar-refractivity contribution in [2.45, 2.75) is 0 Å². The number of fused-ring (bicyclic) bond motifs is 1. The van der Waals surface area contributed by atoms with Crippen molar-refractivity contribution >= 4 is 16.8 Å². The molecule has 0 aliphatic rings. The Hall–Kier alpha value is -2.30. The van der Waals surface area contributed by atoms with E-state index in [1.54, 1.807) is 12.3 Å². The number of nitrogens with two attached hydrogens (primary N) is 1. The van der Waals surface area contributed by atoms with Crippen molar-refractivity contribution in [3.05, 3.63) is 30.5 Å². The molecule has 0 spiro atoms. The SMILES string of the molecule is Nc1cc(-c2cccc3cnoc23)[nH]n1. The van der Waals surface area contributed by atoms with Crippen molar-refractivity contribution in [3.8, 4) is 11.3 Å². The van der Waals surface area contributed by atoms with Crippen molar-refractivity contribution in [2.75, 3.05) is 5.73 Å². The van der Waals surface area contributed by atoms with Gasteiger partial charge in [0, 0.05) is 17.0 Å². The fourth-order valence-electron chi connectivity index (χ4n) is 1.58. The Morgan fingerprint density at radius 1 is 1.33 bits per heavy atom. The lowest BCUT2D eigenvalue weighted by molar-refractivity contribution is 0.457. The maximum Gasteiger partial charge on any atom is 0.176 e. The number of para-hydroxylation sites is 1. The highest BCUT2D eigenvalue weighted by Gasteiger charge is 2.09. The van der Waals surface area contributed by atoms with E-state index in [2.05, 4.69) is 15.4 Å². The van der Waals surface area contributed by atoms with Gasteiger partial charge < -0.3 is 10.3 Å². The summed E-state index contributed by atoms with van der Waals surface area (Å²) in [6.45, 7) is 0. The van der Waals surface area contributed by atoms with Crippen LogP contribution >= 0.6 is 0 Å². The molecular weight excluding hydrogens is 192 g/mol. The second-order valence-electron chi connectivity index (χ2n) is 3.26. The molecule has 0 unspecified atom stereocenters. The molecule has 0 radical (unpaired) electrons. The Bertz CT molecular complexity index is 610. The van der Waals surface area contributed by atoms with Gasteiger partial charge in [-0.25, -0.2) is 0 Å². The Labute approximate surface area is 84.9 Å². The van der Waals surface area contributed by atoms with Gasteiger partial charge in [-0.1, -0.05) is 11.2 Å². The number of hydrogen-bond donors (Lipinski definition) is 2. The highest BCUT2D eigenvalue weighted by molar-refractivity contribution is 5.90. The number of anilines is 1. The summed E-state index contributed by atoms with van der Waals surface area (Å²) in [6, 6.07) is 7.57. The summed E-state index contributed by atoms with van der Waals surface area (Å²) in [5, 5.41) is 11.4. The second-order valence-corrected chi connectivity index (χ2v) is 3.26. The molecule has 2 aromatic heterocycles. The molecule has 1 aromatic carbocycles. The molecule has 15 heavy (non-hydrogen) atoms. The Morgan fingerprint density at radius 3 is 3.07 bits per heavy atom. The first-order valence-corrected chi connectivity index (χ1v) is 4.49. The average molecular weight is 200 g/mol. The molecule has 0 saturated carbocycles. The molecule has 0 aliphatic carbocycles. The molecule has 5 nitrogen and oxygen atoms in total. The van der Waals surface area contributed by atoms with Gasteiger partial charge in [0.05, 0.1) is 11.9 Å². The second kappa shape index (κ2) is 2.84. The minimum Gasteiger partial charge on any atom is -0.382 e. The van der Waals surface area contributed by atoms with Crippen molar-refractivity contribution in [1.82, 2.24) is 15.4 Å². The zero-order chi connectivity index (χ0) is 10.3. The number of hydrogen-bond acceptors (Lipinski definition) is 4. The lowest BCUT2D eigenvalue weighted by atomic mass is 10.1. The zero-order valence-electron chi connectivity index (χ0n) is 7.77. The Kier molecular flexibility index (Phi) is 1.53. The third-order valence-corrected chi connectivity index (χ3v) is 2.27. The molecule has 0 fully saturated rings. The number of benzene rings is 1. The first-order chi connectivity index (χ1) is 7.34. The maximum atomic E-state index is 5.55. The van der Waals surface area contributed by atoms with Crippen LogP contribution in [0.3, 0.4) is 0 Å². The minimum atomic E-state index is 0.460. The molecule has 0 atom stereocenters. The number of aromatic nitrogens is 3. The third kappa shape index (κ3) is 1.17. The fraction of sp³-hybridized carbons (Fsp3) is 0. The van der Waals surface area contributed by atoms with E-state index in [-0.39, 0.29) is 0 Å². The van der Waals surface area contributed by atoms with Crippen molar-refractivity contribution in [3.63, 3.8) is 0 Å². The van der Waals surface area contributed by atoms with Gasteiger partial charge in [0.1, 0.15) is 5.82 Å². The van der Waals surface area contributed by atoms with E-state index in [4.69, 9.17) is 10.3 Å². The van der Waals surface area contributed by atoms with Crippen molar-refractivity contribution in [2.24, 2.45) is 0 Å². The summed E-state index contributed by atoms with van der Waals surface area (Å²) in [7, 11) is 0. The van der Waals surface area contributed by atoms with Gasteiger partial charge in [-0.2, -0.15) is 5.10 Å². The molecule has 5 heteroatoms. The van der Waals surface area contributed by atoms with Crippen LogP contribution in [-0.4, -0.2) is 15.4 Å². The van der Waals surface area contributed by atoms with Crippen LogP contribution < -0.4 is 5.73 Å². The number of rotatable bonds is 1. The summed E-state index contributed by atoms with van der Waals surface area (Å²) >= 11 is 0. The van der Waals surface area contributed by atoms with Crippen LogP contribution in [0.4, 0.5) is 5.82 Å². The van der Waals surface area contributed by atoms with E-state index in [1.165, 1.54) is 0 Å². The zero-order valence-corrected chi connectivity index (χ0v) is 7.77. The van der Waals surface area contributed by atoms with Gasteiger partial charge in [0.15, 0.2) is 5.58 Å². The summed E-state index contributed by atoms with van der Waals surface area (Å²) in [4.78, 5) is 0. The largest absolute Gasteiger partial charge is 0.382 e. The van der Waals surface area contributed by atoms with E-state index < -0.39 is 0 Å². The predicted octanol–water partition coefficient (Wildman–Crippen LogP) is 1.80. The topological polar surface area (TPSA) is 80.7 Å². The molecule has 3 rings (SSSR count). The lowest BCUT2D eigenvalue weighted by Gasteiger charge is -1.96. The molecular formula is C10H8N4O. The van der Waals surface area contributed by atoms with Crippen LogP contribution in [0.5, 0.6) is 0 Å². The average Bonchev–Trinajstić information content (AvgIpc) is 2.84. The third-order valence-electron chi connectivity index (χ3n) is 2.27. The van der Waals surface area contributed by atoms with Crippen LogP contribution in [0.15, 0.2) is 35.0 Å². The van der Waals surface area contributed by atoms with Crippen LogP contribution in [0.25, 0.3) is 22.2 Å². The van der Waals surface area contributed by atoms with Gasteiger partial charge in [0.25, 0.3) is 0 Å². The number of nitrogens with zero attached hydrogens (tertiary/aromatic N) is 2. The minimum absolute atomic E-state index is 0.460. The summed E-state index contributed by atoms with van der Waals surface area (Å²) in [5.74, 6) is 0.460. The first kappa shape index (κ1) is 8.05. The smallest absolute Gasteiger partial charge is 0.176 e. The summed E-state index contributed by atoms with van der Waals surface area (Å²) in [6.07, 6.45) is 1.68. The molecule has 0 bridgehead atoms. The van der Waals surface area contributed by atoms with Crippen LogP contribution in [0.2, 0.25) is 0 Å². The van der Waals surface area contributed by atoms with E-state index in [9.17, 15) is 0 Å². The molecule has 2 heterocycles. The predicted molar refractivity (Wildman–Crippen MR) is 56.0 cm³/mol. The molecule has 74 valence electrons. The maximum absolute atomic E-state index is 5.55. The van der Waals surface area contributed by atoms with Gasteiger partial charge >= 0.3 is 0 Å². The van der Waals surface area contributed by atoms with Crippen LogP contribution in [0, 0.1) is 0 Å². The van der Waals surface area contributed by atoms with E-state index in [0.29, 0.717) is 5.82 Å². The van der Waals surface area contributed by atoms with E-state index in [0.717, 1.165) is 22.2 Å².